The highest BCUT2D eigenvalue weighted by Crippen LogP contribution is 2.40. The summed E-state index contributed by atoms with van der Waals surface area (Å²) in [5.41, 5.74) is 4.87. The number of phenolic OH excluding ortho intramolecular Hbond substituents is 1. The van der Waals surface area contributed by atoms with Gasteiger partial charge in [-0.1, -0.05) is 65.8 Å². The van der Waals surface area contributed by atoms with Crippen LogP contribution in [0.2, 0.25) is 0 Å². The fourth-order valence-corrected chi connectivity index (χ4v) is 3.02. The van der Waals surface area contributed by atoms with Crippen molar-refractivity contribution in [2.45, 2.75) is 53.5 Å². The van der Waals surface area contributed by atoms with Crippen molar-refractivity contribution in [2.24, 2.45) is 16.6 Å². The van der Waals surface area contributed by atoms with E-state index in [0.29, 0.717) is 22.9 Å². The second-order valence-electron chi connectivity index (χ2n) is 8.98. The lowest BCUT2D eigenvalue weighted by molar-refractivity contribution is -0.146. The highest BCUT2D eigenvalue weighted by molar-refractivity contribution is 5.95. The third kappa shape index (κ3) is 3.96. The smallest absolute Gasteiger partial charge is 0.332 e. The highest BCUT2D eigenvalue weighted by atomic mass is 16.5. The molecule has 2 aromatic carbocycles. The summed E-state index contributed by atoms with van der Waals surface area (Å²) >= 11 is 0. The third-order valence-corrected chi connectivity index (χ3v) is 4.58. The quantitative estimate of drug-likeness (QED) is 0.629. The van der Waals surface area contributed by atoms with Crippen molar-refractivity contribution in [3.8, 4) is 11.5 Å². The first-order valence-electron chi connectivity index (χ1n) is 8.57. The van der Waals surface area contributed by atoms with Crippen molar-refractivity contribution in [3.63, 3.8) is 0 Å². The monoisotopic (exact) mass is 343 g/mol. The predicted octanol–water partition coefficient (Wildman–Crippen LogP) is 4.63. The lowest BCUT2D eigenvalue weighted by Gasteiger charge is -2.42. The van der Waals surface area contributed by atoms with Crippen molar-refractivity contribution in [3.05, 3.63) is 36.4 Å². The molecule has 0 spiro atoms. The Balaban J connectivity index is 2.45. The number of hydrogen-bond donors (Lipinski definition) is 2. The minimum atomic E-state index is -1.13. The summed E-state index contributed by atoms with van der Waals surface area (Å²) in [5, 5.41) is 11.3. The molecule has 0 aromatic heterocycles. The van der Waals surface area contributed by atoms with Crippen LogP contribution in [0.4, 0.5) is 0 Å². The van der Waals surface area contributed by atoms with E-state index >= 15 is 0 Å². The number of fused-ring (bicyclic) bond motifs is 1. The molecule has 3 N–H and O–H groups in total. The number of rotatable bonds is 3. The number of phenols is 1. The topological polar surface area (TPSA) is 72.6 Å². The Kier molecular flexibility index (Phi) is 4.88. The number of carbonyl (C=O) groups excluding carboxylic acids is 1. The molecule has 0 aliphatic heterocycles. The summed E-state index contributed by atoms with van der Waals surface area (Å²) in [5.74, 6) is 0.108. The molecule has 1 unspecified atom stereocenters. The average Bonchev–Trinajstić information content (AvgIpc) is 2.47. The normalized spacial score (nSPS) is 15.0. The van der Waals surface area contributed by atoms with E-state index in [-0.39, 0.29) is 11.2 Å². The molecule has 1 atom stereocenters. The summed E-state index contributed by atoms with van der Waals surface area (Å²) in [6.45, 7) is 12.0. The van der Waals surface area contributed by atoms with E-state index in [4.69, 9.17) is 10.5 Å². The van der Waals surface area contributed by atoms with Crippen molar-refractivity contribution in [1.82, 2.24) is 0 Å². The van der Waals surface area contributed by atoms with Gasteiger partial charge in [0.2, 0.25) is 0 Å². The molecular weight excluding hydrogens is 314 g/mol. The number of benzene rings is 2. The Labute approximate surface area is 150 Å². The Morgan fingerprint density at radius 3 is 2.08 bits per heavy atom. The maximum Gasteiger partial charge on any atom is 0.332 e. The summed E-state index contributed by atoms with van der Waals surface area (Å²) < 4.78 is 5.75. The van der Waals surface area contributed by atoms with E-state index in [2.05, 4.69) is 20.8 Å². The van der Waals surface area contributed by atoms with Gasteiger partial charge < -0.3 is 15.6 Å². The molecule has 2 aromatic rings. The van der Waals surface area contributed by atoms with E-state index in [1.165, 1.54) is 6.07 Å². The zero-order valence-electron chi connectivity index (χ0n) is 16.0. The van der Waals surface area contributed by atoms with Crippen LogP contribution >= 0.6 is 0 Å². The van der Waals surface area contributed by atoms with Crippen LogP contribution in [0.3, 0.4) is 0 Å². The first-order valence-corrected chi connectivity index (χ1v) is 8.57. The van der Waals surface area contributed by atoms with Crippen molar-refractivity contribution >= 4 is 16.7 Å². The minimum Gasteiger partial charge on any atom is -0.507 e. The number of ether oxygens (including phenoxy) is 1. The van der Waals surface area contributed by atoms with Gasteiger partial charge in [-0.2, -0.15) is 0 Å². The molecule has 0 amide bonds. The van der Waals surface area contributed by atoms with Crippen LogP contribution in [0, 0.1) is 10.8 Å². The van der Waals surface area contributed by atoms with Crippen LogP contribution in [0.5, 0.6) is 11.5 Å². The van der Waals surface area contributed by atoms with E-state index in [1.54, 1.807) is 12.1 Å². The van der Waals surface area contributed by atoms with Crippen molar-refractivity contribution in [1.29, 1.82) is 0 Å². The molecule has 0 aliphatic rings. The summed E-state index contributed by atoms with van der Waals surface area (Å²) in [6.07, 6.45) is 0.498. The average molecular weight is 343 g/mol. The molecule has 0 fully saturated rings. The van der Waals surface area contributed by atoms with Gasteiger partial charge in [-0.3, -0.25) is 0 Å². The van der Waals surface area contributed by atoms with Gasteiger partial charge in [0, 0.05) is 10.8 Å². The molecular formula is C21H29NO3. The molecule has 0 saturated carbocycles. The third-order valence-electron chi connectivity index (χ3n) is 4.58. The Hall–Kier alpha value is -2.07. The first kappa shape index (κ1) is 19.3. The van der Waals surface area contributed by atoms with E-state index < -0.39 is 16.9 Å². The number of nitrogens with two attached hydrogens (primary N) is 1. The molecule has 136 valence electrons. The molecule has 0 bridgehead atoms. The van der Waals surface area contributed by atoms with E-state index in [0.717, 1.165) is 0 Å². The van der Waals surface area contributed by atoms with Gasteiger partial charge >= 0.3 is 5.97 Å². The summed E-state index contributed by atoms with van der Waals surface area (Å²) in [6, 6.07) is 10.4. The van der Waals surface area contributed by atoms with Crippen LogP contribution in [0.15, 0.2) is 36.4 Å². The molecule has 2 rings (SSSR count). The van der Waals surface area contributed by atoms with Gasteiger partial charge in [0.25, 0.3) is 0 Å². The van der Waals surface area contributed by atoms with Gasteiger partial charge in [-0.25, -0.2) is 4.79 Å². The van der Waals surface area contributed by atoms with E-state index in [9.17, 15) is 9.90 Å². The maximum absolute atomic E-state index is 13.1. The standard InChI is InChI=1S/C21H29NO3/c1-19(2,3)13-21(22,20(4,5)6)18(24)25-17-12-11-16(23)14-9-7-8-10-15(14)17/h7-12,23H,13,22H2,1-6H3. The second kappa shape index (κ2) is 6.34. The molecule has 0 aliphatic carbocycles. The van der Waals surface area contributed by atoms with Gasteiger partial charge in [-0.15, -0.1) is 0 Å². The number of aromatic hydroxyl groups is 1. The lowest BCUT2D eigenvalue weighted by Crippen LogP contribution is -2.61. The number of carbonyl (C=O) groups is 1. The maximum atomic E-state index is 13.1. The van der Waals surface area contributed by atoms with Gasteiger partial charge in [-0.05, 0) is 29.4 Å². The molecule has 0 radical (unpaired) electrons. The first-order chi connectivity index (χ1) is 11.3. The van der Waals surface area contributed by atoms with Crippen molar-refractivity contribution in [2.75, 3.05) is 0 Å². The molecule has 25 heavy (non-hydrogen) atoms. The molecule has 4 heteroatoms. The van der Waals surface area contributed by atoms with Crippen LogP contribution in [0.25, 0.3) is 10.8 Å². The second-order valence-corrected chi connectivity index (χ2v) is 8.98. The number of esters is 1. The summed E-state index contributed by atoms with van der Waals surface area (Å²) in [4.78, 5) is 13.1. The number of hydrogen-bond acceptors (Lipinski definition) is 4. The fourth-order valence-electron chi connectivity index (χ4n) is 3.02. The molecule has 0 saturated heterocycles. The van der Waals surface area contributed by atoms with E-state index in [1.807, 2.05) is 39.0 Å². The lowest BCUT2D eigenvalue weighted by atomic mass is 9.66. The Bertz CT molecular complexity index is 784. The Morgan fingerprint density at radius 2 is 1.56 bits per heavy atom. The SMILES string of the molecule is CC(C)(C)CC(N)(C(=O)Oc1ccc(O)c2ccccc12)C(C)(C)C. The van der Waals surface area contributed by atoms with Crippen LogP contribution < -0.4 is 10.5 Å². The zero-order valence-corrected chi connectivity index (χ0v) is 16.0. The molecule has 4 nitrogen and oxygen atoms in total. The molecule has 0 heterocycles. The minimum absolute atomic E-state index is 0.127. The highest BCUT2D eigenvalue weighted by Gasteiger charge is 2.49. The Morgan fingerprint density at radius 1 is 1.00 bits per heavy atom. The summed E-state index contributed by atoms with van der Waals surface area (Å²) in [7, 11) is 0. The van der Waals surface area contributed by atoms with Crippen molar-refractivity contribution < 1.29 is 14.6 Å². The zero-order chi connectivity index (χ0) is 19.0. The van der Waals surface area contributed by atoms with Gasteiger partial charge in [0.15, 0.2) is 0 Å². The van der Waals surface area contributed by atoms with Crippen LogP contribution in [0.1, 0.15) is 48.0 Å². The predicted molar refractivity (Wildman–Crippen MR) is 102 cm³/mol. The largest absolute Gasteiger partial charge is 0.507 e. The van der Waals surface area contributed by atoms with Crippen LogP contribution in [-0.4, -0.2) is 16.6 Å². The fraction of sp³-hybridized carbons (Fsp3) is 0.476. The van der Waals surface area contributed by atoms with Gasteiger partial charge in [0.05, 0.1) is 0 Å². The van der Waals surface area contributed by atoms with Crippen LogP contribution in [-0.2, 0) is 4.79 Å². The van der Waals surface area contributed by atoms with Gasteiger partial charge in [0.1, 0.15) is 17.0 Å².